The smallest absolute Gasteiger partial charge is 0.246 e. The number of rotatable bonds is 1. The van der Waals surface area contributed by atoms with Crippen LogP contribution in [0.1, 0.15) is 26.3 Å². The third-order valence-corrected chi connectivity index (χ3v) is 4.51. The van der Waals surface area contributed by atoms with Crippen LogP contribution in [0.25, 0.3) is 0 Å². The largest absolute Gasteiger partial charge is 0.311 e. The van der Waals surface area contributed by atoms with Gasteiger partial charge < -0.3 is 10.2 Å². The highest BCUT2D eigenvalue weighted by Crippen LogP contribution is 2.27. The quantitative estimate of drug-likeness (QED) is 0.860. The highest BCUT2D eigenvalue weighted by atomic mass is 79.9. The summed E-state index contributed by atoms with van der Waals surface area (Å²) in [6.07, 6.45) is 0. The average Bonchev–Trinajstić information content (AvgIpc) is 2.45. The topological polar surface area (TPSA) is 32.3 Å². The zero-order valence-corrected chi connectivity index (χ0v) is 13.5. The number of amides is 1. The molecule has 1 heterocycles. The standard InChI is InChI=1S/C15H21BrN2O/c1-10-8-17-15(3,4)14(19)18(9-10)12-5-6-13(16)11(2)7-12/h5-7,10,17H,8-9H2,1-4H3. The van der Waals surface area contributed by atoms with Gasteiger partial charge in [-0.2, -0.15) is 0 Å². The number of halogens is 1. The van der Waals surface area contributed by atoms with E-state index in [1.807, 2.05) is 37.8 Å². The molecule has 1 atom stereocenters. The van der Waals surface area contributed by atoms with Gasteiger partial charge in [0.25, 0.3) is 0 Å². The highest BCUT2D eigenvalue weighted by molar-refractivity contribution is 9.10. The summed E-state index contributed by atoms with van der Waals surface area (Å²) in [7, 11) is 0. The number of carbonyl (C=O) groups excluding carboxylic acids is 1. The van der Waals surface area contributed by atoms with E-state index in [0.29, 0.717) is 5.92 Å². The Hall–Kier alpha value is -0.870. The first-order valence-corrected chi connectivity index (χ1v) is 7.43. The Bertz CT molecular complexity index is 499. The number of anilines is 1. The number of nitrogens with zero attached hydrogens (tertiary/aromatic N) is 1. The SMILES string of the molecule is Cc1cc(N2CC(C)CNC(C)(C)C2=O)ccc1Br. The van der Waals surface area contributed by atoms with Crippen LogP contribution in [0.3, 0.4) is 0 Å². The lowest BCUT2D eigenvalue weighted by Crippen LogP contribution is -2.51. The minimum Gasteiger partial charge on any atom is -0.311 e. The van der Waals surface area contributed by atoms with E-state index in [9.17, 15) is 4.79 Å². The Morgan fingerprint density at radius 3 is 2.74 bits per heavy atom. The van der Waals surface area contributed by atoms with Crippen molar-refractivity contribution in [1.29, 1.82) is 0 Å². The zero-order chi connectivity index (χ0) is 14.2. The number of nitrogens with one attached hydrogen (secondary N) is 1. The maximum atomic E-state index is 12.7. The number of carbonyl (C=O) groups is 1. The molecule has 0 saturated carbocycles. The fourth-order valence-corrected chi connectivity index (χ4v) is 2.57. The maximum absolute atomic E-state index is 12.7. The molecule has 19 heavy (non-hydrogen) atoms. The van der Waals surface area contributed by atoms with Crippen LogP contribution >= 0.6 is 15.9 Å². The van der Waals surface area contributed by atoms with Crippen LogP contribution in [0.15, 0.2) is 22.7 Å². The Labute approximate surface area is 123 Å². The average molecular weight is 325 g/mol. The van der Waals surface area contributed by atoms with E-state index >= 15 is 0 Å². The summed E-state index contributed by atoms with van der Waals surface area (Å²) in [5.74, 6) is 0.577. The molecule has 3 nitrogen and oxygen atoms in total. The van der Waals surface area contributed by atoms with Gasteiger partial charge in [-0.15, -0.1) is 0 Å². The van der Waals surface area contributed by atoms with Gasteiger partial charge in [0.15, 0.2) is 0 Å². The number of aryl methyl sites for hydroxylation is 1. The molecule has 1 aromatic rings. The van der Waals surface area contributed by atoms with Gasteiger partial charge in [0.05, 0.1) is 5.54 Å². The van der Waals surface area contributed by atoms with Gasteiger partial charge in [0.2, 0.25) is 5.91 Å². The third kappa shape index (κ3) is 3.00. The van der Waals surface area contributed by atoms with Crippen LogP contribution in [0.5, 0.6) is 0 Å². The van der Waals surface area contributed by atoms with Crippen molar-refractivity contribution < 1.29 is 4.79 Å². The lowest BCUT2D eigenvalue weighted by atomic mass is 10.0. The second-order valence-corrected chi connectivity index (χ2v) is 6.81. The summed E-state index contributed by atoms with van der Waals surface area (Å²) in [5.41, 5.74) is 1.62. The molecule has 1 aliphatic rings. The molecule has 4 heteroatoms. The normalized spacial score (nSPS) is 23.3. The summed E-state index contributed by atoms with van der Waals surface area (Å²) >= 11 is 3.50. The van der Waals surface area contributed by atoms with Crippen LogP contribution in [-0.4, -0.2) is 24.5 Å². The van der Waals surface area contributed by atoms with Crippen molar-refractivity contribution >= 4 is 27.5 Å². The van der Waals surface area contributed by atoms with Crippen LogP contribution in [0.2, 0.25) is 0 Å². The molecule has 0 spiro atoms. The summed E-state index contributed by atoms with van der Waals surface area (Å²) in [6, 6.07) is 6.08. The number of benzene rings is 1. The van der Waals surface area contributed by atoms with Crippen LogP contribution in [0, 0.1) is 12.8 Å². The summed E-state index contributed by atoms with van der Waals surface area (Å²) in [5, 5.41) is 3.35. The summed E-state index contributed by atoms with van der Waals surface area (Å²) in [6.45, 7) is 9.74. The number of hydrogen-bond acceptors (Lipinski definition) is 2. The molecule has 0 radical (unpaired) electrons. The number of hydrogen-bond donors (Lipinski definition) is 1. The second kappa shape index (κ2) is 5.25. The van der Waals surface area contributed by atoms with E-state index in [1.54, 1.807) is 0 Å². The second-order valence-electron chi connectivity index (χ2n) is 5.96. The summed E-state index contributed by atoms with van der Waals surface area (Å²) in [4.78, 5) is 14.6. The van der Waals surface area contributed by atoms with Crippen molar-refractivity contribution in [2.24, 2.45) is 5.92 Å². The van der Waals surface area contributed by atoms with Crippen LogP contribution in [-0.2, 0) is 4.79 Å². The van der Waals surface area contributed by atoms with Gasteiger partial charge in [-0.25, -0.2) is 0 Å². The molecular weight excluding hydrogens is 304 g/mol. The molecular formula is C15H21BrN2O. The van der Waals surface area contributed by atoms with Gasteiger partial charge in [0, 0.05) is 23.2 Å². The van der Waals surface area contributed by atoms with Gasteiger partial charge >= 0.3 is 0 Å². The monoisotopic (exact) mass is 324 g/mol. The van der Waals surface area contributed by atoms with Gasteiger partial charge in [-0.05, 0) is 50.5 Å². The first-order valence-electron chi connectivity index (χ1n) is 6.64. The molecule has 1 unspecified atom stereocenters. The molecule has 1 N–H and O–H groups in total. The Morgan fingerprint density at radius 2 is 2.11 bits per heavy atom. The van der Waals surface area contributed by atoms with Gasteiger partial charge in [-0.3, -0.25) is 4.79 Å². The Morgan fingerprint density at radius 1 is 1.42 bits per heavy atom. The molecule has 1 amide bonds. The Balaban J connectivity index is 2.39. The van der Waals surface area contributed by atoms with Crippen molar-refractivity contribution in [3.8, 4) is 0 Å². The van der Waals surface area contributed by atoms with Crippen LogP contribution in [0.4, 0.5) is 5.69 Å². The summed E-state index contributed by atoms with van der Waals surface area (Å²) < 4.78 is 1.07. The first kappa shape index (κ1) is 14.5. The molecule has 1 aliphatic heterocycles. The molecule has 1 saturated heterocycles. The predicted molar refractivity (Wildman–Crippen MR) is 82.5 cm³/mol. The van der Waals surface area contributed by atoms with E-state index in [4.69, 9.17) is 0 Å². The zero-order valence-electron chi connectivity index (χ0n) is 12.0. The molecule has 0 aromatic heterocycles. The van der Waals surface area contributed by atoms with Crippen molar-refractivity contribution in [2.45, 2.75) is 33.2 Å². The predicted octanol–water partition coefficient (Wildman–Crippen LogP) is 3.11. The van der Waals surface area contributed by atoms with E-state index in [2.05, 4.69) is 34.2 Å². The molecule has 2 rings (SSSR count). The minimum atomic E-state index is -0.508. The van der Waals surface area contributed by atoms with Crippen molar-refractivity contribution in [3.63, 3.8) is 0 Å². The highest BCUT2D eigenvalue weighted by Gasteiger charge is 2.36. The fourth-order valence-electron chi connectivity index (χ4n) is 2.32. The first-order chi connectivity index (χ1) is 8.81. The lowest BCUT2D eigenvalue weighted by molar-refractivity contribution is -0.123. The third-order valence-electron chi connectivity index (χ3n) is 3.62. The molecule has 0 bridgehead atoms. The molecule has 0 aliphatic carbocycles. The Kier molecular flexibility index (Phi) is 4.02. The van der Waals surface area contributed by atoms with Gasteiger partial charge in [0.1, 0.15) is 0 Å². The van der Waals surface area contributed by atoms with E-state index in [1.165, 1.54) is 0 Å². The van der Waals surface area contributed by atoms with E-state index in [0.717, 1.165) is 28.8 Å². The van der Waals surface area contributed by atoms with Crippen LogP contribution < -0.4 is 10.2 Å². The maximum Gasteiger partial charge on any atom is 0.246 e. The molecule has 1 fully saturated rings. The fraction of sp³-hybridized carbons (Fsp3) is 0.533. The van der Waals surface area contributed by atoms with Crippen molar-refractivity contribution in [2.75, 3.05) is 18.0 Å². The minimum absolute atomic E-state index is 0.138. The molecule has 104 valence electrons. The van der Waals surface area contributed by atoms with Crippen molar-refractivity contribution in [1.82, 2.24) is 5.32 Å². The van der Waals surface area contributed by atoms with Gasteiger partial charge in [-0.1, -0.05) is 22.9 Å². The van der Waals surface area contributed by atoms with Crippen molar-refractivity contribution in [3.05, 3.63) is 28.2 Å². The molecule has 1 aromatic carbocycles. The van der Waals surface area contributed by atoms with E-state index < -0.39 is 5.54 Å². The lowest BCUT2D eigenvalue weighted by Gasteiger charge is -2.29. The van der Waals surface area contributed by atoms with E-state index in [-0.39, 0.29) is 5.91 Å².